The minimum Gasteiger partial charge on any atom is -0.347 e. The summed E-state index contributed by atoms with van der Waals surface area (Å²) >= 11 is 0. The lowest BCUT2D eigenvalue weighted by Gasteiger charge is -2.31. The van der Waals surface area contributed by atoms with Crippen molar-refractivity contribution in [3.8, 4) is 0 Å². The van der Waals surface area contributed by atoms with Crippen LogP contribution in [-0.4, -0.2) is 16.4 Å². The molecule has 110 valence electrons. The van der Waals surface area contributed by atoms with Gasteiger partial charge in [0.15, 0.2) is 0 Å². The molecule has 0 fully saturated rings. The third kappa shape index (κ3) is 3.31. The molecule has 0 bridgehead atoms. The van der Waals surface area contributed by atoms with Crippen molar-refractivity contribution in [1.82, 2.24) is 5.32 Å². The molecule has 0 aliphatic rings. The lowest BCUT2D eigenvalue weighted by molar-refractivity contribution is -0.384. The maximum absolute atomic E-state index is 13.7. The van der Waals surface area contributed by atoms with E-state index in [2.05, 4.69) is 5.32 Å². The van der Waals surface area contributed by atoms with Gasteiger partial charge in [-0.2, -0.15) is 0 Å². The number of halogens is 1. The van der Waals surface area contributed by atoms with Crippen molar-refractivity contribution >= 4 is 11.6 Å². The average molecular weight is 282 g/mol. The molecule has 20 heavy (non-hydrogen) atoms. The first kappa shape index (κ1) is 16.1. The molecule has 1 amide bonds. The van der Waals surface area contributed by atoms with Gasteiger partial charge in [-0.3, -0.25) is 14.9 Å². The van der Waals surface area contributed by atoms with Crippen LogP contribution in [0.15, 0.2) is 18.2 Å². The Labute approximate surface area is 117 Å². The minimum atomic E-state index is -0.759. The van der Waals surface area contributed by atoms with Gasteiger partial charge in [-0.15, -0.1) is 0 Å². The van der Waals surface area contributed by atoms with E-state index >= 15 is 0 Å². The van der Waals surface area contributed by atoms with Gasteiger partial charge in [0.25, 0.3) is 11.6 Å². The molecular formula is C14H19FN2O3. The second-order valence-electron chi connectivity index (χ2n) is 4.72. The van der Waals surface area contributed by atoms with E-state index in [1.165, 1.54) is 0 Å². The number of nitro benzene ring substituents is 1. The number of rotatable bonds is 6. The van der Waals surface area contributed by atoms with E-state index in [9.17, 15) is 19.3 Å². The van der Waals surface area contributed by atoms with Crippen LogP contribution in [0.1, 0.15) is 50.4 Å². The quantitative estimate of drug-likeness (QED) is 0.641. The lowest BCUT2D eigenvalue weighted by atomic mass is 9.89. The highest BCUT2D eigenvalue weighted by Gasteiger charge is 2.28. The number of nitrogens with one attached hydrogen (secondary N) is 1. The third-order valence-corrected chi connectivity index (χ3v) is 3.81. The number of hydrogen-bond acceptors (Lipinski definition) is 3. The zero-order valence-corrected chi connectivity index (χ0v) is 11.9. The molecule has 1 rings (SSSR count). The number of carbonyl (C=O) groups is 1. The summed E-state index contributed by atoms with van der Waals surface area (Å²) in [6.45, 7) is 5.82. The number of benzene rings is 1. The van der Waals surface area contributed by atoms with Crippen molar-refractivity contribution < 1.29 is 14.1 Å². The summed E-state index contributed by atoms with van der Waals surface area (Å²) < 4.78 is 13.7. The predicted octanol–water partition coefficient (Wildman–Crippen LogP) is 3.43. The number of hydrogen-bond donors (Lipinski definition) is 1. The Balaban J connectivity index is 3.08. The van der Waals surface area contributed by atoms with Crippen molar-refractivity contribution in [3.63, 3.8) is 0 Å². The third-order valence-electron chi connectivity index (χ3n) is 3.81. The highest BCUT2D eigenvalue weighted by atomic mass is 19.1. The molecule has 0 saturated carbocycles. The highest BCUT2D eigenvalue weighted by molar-refractivity contribution is 5.95. The number of carbonyl (C=O) groups excluding carboxylic acids is 1. The van der Waals surface area contributed by atoms with Crippen LogP contribution in [0.25, 0.3) is 0 Å². The molecule has 0 spiro atoms. The van der Waals surface area contributed by atoms with E-state index in [4.69, 9.17) is 0 Å². The van der Waals surface area contributed by atoms with Gasteiger partial charge in [-0.1, -0.05) is 20.8 Å². The summed E-state index contributed by atoms with van der Waals surface area (Å²) in [6.07, 6.45) is 2.13. The molecule has 0 heterocycles. The minimum absolute atomic E-state index is 0.293. The van der Waals surface area contributed by atoms with Crippen molar-refractivity contribution in [2.24, 2.45) is 0 Å². The molecule has 0 aliphatic heterocycles. The second-order valence-corrected chi connectivity index (χ2v) is 4.72. The molecule has 0 aliphatic carbocycles. The second kappa shape index (κ2) is 6.45. The molecular weight excluding hydrogens is 263 g/mol. The first-order valence-electron chi connectivity index (χ1n) is 6.65. The molecule has 0 atom stereocenters. The number of amides is 1. The fourth-order valence-corrected chi connectivity index (χ4v) is 2.12. The van der Waals surface area contributed by atoms with Gasteiger partial charge in [0.05, 0.1) is 10.5 Å². The van der Waals surface area contributed by atoms with E-state index in [-0.39, 0.29) is 11.3 Å². The molecule has 1 N–H and O–H groups in total. The maximum atomic E-state index is 13.7. The first-order valence-corrected chi connectivity index (χ1v) is 6.65. The zero-order valence-electron chi connectivity index (χ0n) is 11.9. The summed E-state index contributed by atoms with van der Waals surface area (Å²) in [5, 5.41) is 13.5. The Morgan fingerprint density at radius 3 is 2.30 bits per heavy atom. The van der Waals surface area contributed by atoms with Crippen LogP contribution in [0, 0.1) is 15.9 Å². The van der Waals surface area contributed by atoms with Crippen LogP contribution in [0.3, 0.4) is 0 Å². The van der Waals surface area contributed by atoms with Crippen molar-refractivity contribution in [2.45, 2.75) is 45.6 Å². The molecule has 1 aromatic carbocycles. The topological polar surface area (TPSA) is 72.2 Å². The molecule has 0 aromatic heterocycles. The van der Waals surface area contributed by atoms with Crippen LogP contribution in [-0.2, 0) is 0 Å². The summed E-state index contributed by atoms with van der Waals surface area (Å²) in [5.74, 6) is -1.37. The van der Waals surface area contributed by atoms with E-state index < -0.39 is 22.2 Å². The molecule has 0 radical (unpaired) electrons. The Kier molecular flexibility index (Phi) is 5.19. The fraction of sp³-hybridized carbons (Fsp3) is 0.500. The van der Waals surface area contributed by atoms with Crippen LogP contribution in [0.2, 0.25) is 0 Å². The van der Waals surface area contributed by atoms with Crippen molar-refractivity contribution in [1.29, 1.82) is 0 Å². The Bertz CT molecular complexity index is 505. The SMILES string of the molecule is CCC(CC)(CC)NC(=O)c1cc([N+](=O)[O-])ccc1F. The van der Waals surface area contributed by atoms with Crippen molar-refractivity contribution in [3.05, 3.63) is 39.7 Å². The van der Waals surface area contributed by atoms with Gasteiger partial charge in [-0.05, 0) is 25.3 Å². The van der Waals surface area contributed by atoms with Crippen LogP contribution in [0.4, 0.5) is 10.1 Å². The summed E-state index contributed by atoms with van der Waals surface area (Å²) in [5.41, 5.74) is -1.00. The fourth-order valence-electron chi connectivity index (χ4n) is 2.12. The van der Waals surface area contributed by atoms with Gasteiger partial charge in [0.1, 0.15) is 5.82 Å². The van der Waals surface area contributed by atoms with E-state index in [1.54, 1.807) is 0 Å². The monoisotopic (exact) mass is 282 g/mol. The summed E-state index contributed by atoms with van der Waals surface area (Å²) in [4.78, 5) is 22.2. The van der Waals surface area contributed by atoms with Crippen LogP contribution >= 0.6 is 0 Å². The standard InChI is InChI=1S/C14H19FN2O3/c1-4-14(5-2,6-3)16-13(18)11-9-10(17(19)20)7-8-12(11)15/h7-9H,4-6H2,1-3H3,(H,16,18). The molecule has 5 nitrogen and oxygen atoms in total. The van der Waals surface area contributed by atoms with Gasteiger partial charge in [0, 0.05) is 17.7 Å². The normalized spacial score (nSPS) is 11.2. The zero-order chi connectivity index (χ0) is 15.3. The van der Waals surface area contributed by atoms with Gasteiger partial charge in [-0.25, -0.2) is 4.39 Å². The number of non-ortho nitro benzene ring substituents is 1. The van der Waals surface area contributed by atoms with Crippen molar-refractivity contribution in [2.75, 3.05) is 0 Å². The molecule has 6 heteroatoms. The predicted molar refractivity (Wildman–Crippen MR) is 74.1 cm³/mol. The van der Waals surface area contributed by atoms with E-state index in [0.717, 1.165) is 18.2 Å². The lowest BCUT2D eigenvalue weighted by Crippen LogP contribution is -2.47. The molecule has 0 unspecified atom stereocenters. The van der Waals surface area contributed by atoms with Crippen LogP contribution in [0.5, 0.6) is 0 Å². The Morgan fingerprint density at radius 2 is 1.85 bits per heavy atom. The average Bonchev–Trinajstić information content (AvgIpc) is 2.45. The van der Waals surface area contributed by atoms with E-state index in [0.29, 0.717) is 19.3 Å². The molecule has 1 aromatic rings. The number of nitro groups is 1. The smallest absolute Gasteiger partial charge is 0.270 e. The van der Waals surface area contributed by atoms with Gasteiger partial charge in [0.2, 0.25) is 0 Å². The largest absolute Gasteiger partial charge is 0.347 e. The Hall–Kier alpha value is -1.98. The van der Waals surface area contributed by atoms with Gasteiger partial charge < -0.3 is 5.32 Å². The van der Waals surface area contributed by atoms with Gasteiger partial charge >= 0.3 is 0 Å². The Morgan fingerprint density at radius 1 is 1.30 bits per heavy atom. The number of nitrogens with zero attached hydrogens (tertiary/aromatic N) is 1. The maximum Gasteiger partial charge on any atom is 0.270 e. The summed E-state index contributed by atoms with van der Waals surface area (Å²) in [6, 6.07) is 2.95. The van der Waals surface area contributed by atoms with Crippen LogP contribution < -0.4 is 5.32 Å². The molecule has 0 saturated heterocycles. The van der Waals surface area contributed by atoms with E-state index in [1.807, 2.05) is 20.8 Å². The first-order chi connectivity index (χ1) is 9.39. The highest BCUT2D eigenvalue weighted by Crippen LogP contribution is 2.22. The summed E-state index contributed by atoms with van der Waals surface area (Å²) in [7, 11) is 0.